The van der Waals surface area contributed by atoms with Crippen molar-refractivity contribution in [1.82, 2.24) is 25.5 Å². The van der Waals surface area contributed by atoms with Crippen LogP contribution in [0.2, 0.25) is 0 Å². The number of rotatable bonds is 17. The molecule has 332 valence electrons. The van der Waals surface area contributed by atoms with Crippen LogP contribution in [0, 0.1) is 17.1 Å². The first kappa shape index (κ1) is 44.8. The fourth-order valence-corrected chi connectivity index (χ4v) is 8.90. The predicted molar refractivity (Wildman–Crippen MR) is 236 cm³/mol. The van der Waals surface area contributed by atoms with Crippen molar-refractivity contribution < 1.29 is 36.5 Å². The minimum absolute atomic E-state index is 0.0792. The summed E-state index contributed by atoms with van der Waals surface area (Å²) in [6.07, 6.45) is 2.40. The van der Waals surface area contributed by atoms with Crippen molar-refractivity contribution >= 4 is 34.8 Å². The van der Waals surface area contributed by atoms with Crippen molar-refractivity contribution in [1.29, 1.82) is 5.26 Å². The lowest BCUT2D eigenvalue weighted by Crippen LogP contribution is -2.54. The van der Waals surface area contributed by atoms with Gasteiger partial charge in [-0.1, -0.05) is 128 Å². The van der Waals surface area contributed by atoms with Gasteiger partial charge in [0.2, 0.25) is 17.6 Å². The van der Waals surface area contributed by atoms with E-state index >= 15 is 4.39 Å². The van der Waals surface area contributed by atoms with Crippen LogP contribution >= 0.6 is 12.2 Å². The monoisotopic (exact) mass is 901 g/mol. The van der Waals surface area contributed by atoms with Crippen molar-refractivity contribution in [2.75, 3.05) is 4.90 Å². The zero-order valence-corrected chi connectivity index (χ0v) is 35.9. The highest BCUT2D eigenvalue weighted by Gasteiger charge is 2.59. The number of benzene rings is 4. The number of carbonyl (C=O) groups excluding carboxylic acids is 2. The molecule has 1 saturated heterocycles. The van der Waals surface area contributed by atoms with E-state index in [1.165, 1.54) is 18.2 Å². The van der Waals surface area contributed by atoms with Gasteiger partial charge < -0.3 is 9.42 Å². The summed E-state index contributed by atoms with van der Waals surface area (Å²) in [7, 11) is 0. The van der Waals surface area contributed by atoms with Gasteiger partial charge >= 0.3 is 6.18 Å². The Balaban J connectivity index is 0.819. The van der Waals surface area contributed by atoms with E-state index < -0.39 is 40.3 Å². The molecule has 0 atom stereocenters. The molecule has 1 aliphatic heterocycles. The van der Waals surface area contributed by atoms with Gasteiger partial charge in [0.05, 0.1) is 17.4 Å². The van der Waals surface area contributed by atoms with E-state index in [0.717, 1.165) is 53.5 Å². The van der Waals surface area contributed by atoms with Gasteiger partial charge in [-0.2, -0.15) is 23.4 Å². The van der Waals surface area contributed by atoms with Gasteiger partial charge in [0.15, 0.2) is 16.4 Å². The molecule has 8 rings (SSSR count). The maximum absolute atomic E-state index is 15.7. The summed E-state index contributed by atoms with van der Waals surface area (Å²) < 4.78 is 62.5. The Labute approximate surface area is 378 Å². The molecule has 65 heavy (non-hydrogen) atoms. The summed E-state index contributed by atoms with van der Waals surface area (Å²) in [5.74, 6) is -0.742. The SMILES string of the molecule is N#Cc1ncc(N2C(=O)C3(CCC3)N(Cc3ccc(-c4noc(CCCCCCCC(=O)NOC(c5ccccc5)(c5ccccc5)c5ccccc5)n4)cc3F)C2=S)cc1C(F)(F)F. The first-order valence-electron chi connectivity index (χ1n) is 21.3. The molecule has 4 aromatic carbocycles. The van der Waals surface area contributed by atoms with Crippen molar-refractivity contribution in [3.63, 3.8) is 0 Å². The van der Waals surface area contributed by atoms with Crippen LogP contribution in [-0.2, 0) is 39.2 Å². The average Bonchev–Trinajstić information content (AvgIpc) is 3.87. The second-order valence-electron chi connectivity index (χ2n) is 16.1. The van der Waals surface area contributed by atoms with Crippen molar-refractivity contribution in [2.45, 2.75) is 88.1 Å². The van der Waals surface area contributed by atoms with Gasteiger partial charge in [0.1, 0.15) is 17.4 Å². The lowest BCUT2D eigenvalue weighted by molar-refractivity contribution is -0.143. The van der Waals surface area contributed by atoms with Crippen molar-refractivity contribution in [3.05, 3.63) is 167 Å². The van der Waals surface area contributed by atoms with E-state index in [0.29, 0.717) is 56.0 Å². The molecule has 11 nitrogen and oxygen atoms in total. The number of aryl methyl sites for hydroxylation is 1. The molecule has 6 aromatic rings. The summed E-state index contributed by atoms with van der Waals surface area (Å²) in [6.45, 7) is -0.115. The van der Waals surface area contributed by atoms with E-state index in [9.17, 15) is 28.0 Å². The van der Waals surface area contributed by atoms with Crippen LogP contribution in [0.4, 0.5) is 23.2 Å². The normalized spacial score (nSPS) is 14.7. The molecule has 1 N–H and O–H groups in total. The number of nitrogens with one attached hydrogen (secondary N) is 1. The summed E-state index contributed by atoms with van der Waals surface area (Å²) in [5.41, 5.74) is 1.46. The van der Waals surface area contributed by atoms with Crippen LogP contribution in [0.3, 0.4) is 0 Å². The number of nitrogens with zero attached hydrogens (tertiary/aromatic N) is 6. The quantitative estimate of drug-likeness (QED) is 0.0310. The fourth-order valence-electron chi connectivity index (χ4n) is 8.47. The molecule has 2 amide bonds. The number of nitriles is 1. The van der Waals surface area contributed by atoms with E-state index in [2.05, 4.69) is 20.6 Å². The molecule has 1 aliphatic carbocycles. The number of hydrogen-bond acceptors (Lipinski definition) is 9. The lowest BCUT2D eigenvalue weighted by Gasteiger charge is -2.43. The number of alkyl halides is 3. The number of aromatic nitrogens is 3. The summed E-state index contributed by atoms with van der Waals surface area (Å²) in [4.78, 5) is 44.0. The van der Waals surface area contributed by atoms with Crippen LogP contribution in [0.1, 0.15) is 97.2 Å². The maximum atomic E-state index is 15.7. The minimum atomic E-state index is -4.89. The number of anilines is 1. The first-order chi connectivity index (χ1) is 31.4. The molecule has 2 fully saturated rings. The third-order valence-corrected chi connectivity index (χ3v) is 12.4. The van der Waals surface area contributed by atoms with Gasteiger partial charge in [-0.05, 0) is 73.1 Å². The number of unbranched alkanes of at least 4 members (excludes halogenated alkanes) is 4. The Morgan fingerprint density at radius 2 is 1.49 bits per heavy atom. The highest BCUT2D eigenvalue weighted by atomic mass is 32.1. The Kier molecular flexibility index (Phi) is 13.2. The van der Waals surface area contributed by atoms with E-state index in [1.807, 2.05) is 91.0 Å². The van der Waals surface area contributed by atoms with Crippen LogP contribution in [-0.4, -0.2) is 42.5 Å². The molecule has 1 spiro atoms. The molecule has 0 bridgehead atoms. The van der Waals surface area contributed by atoms with Crippen molar-refractivity contribution in [2.24, 2.45) is 0 Å². The highest BCUT2D eigenvalue weighted by molar-refractivity contribution is 7.80. The number of amides is 2. The maximum Gasteiger partial charge on any atom is 0.419 e. The van der Waals surface area contributed by atoms with Crippen molar-refractivity contribution in [3.8, 4) is 17.5 Å². The Bertz CT molecular complexity index is 2610. The number of thiocarbonyl (C=S) groups is 1. The van der Waals surface area contributed by atoms with Gasteiger partial charge in [0.25, 0.3) is 5.91 Å². The topological polar surface area (TPSA) is 137 Å². The second-order valence-corrected chi connectivity index (χ2v) is 16.5. The number of hydroxylamine groups is 1. The average molecular weight is 902 g/mol. The predicted octanol–water partition coefficient (Wildman–Crippen LogP) is 10.1. The van der Waals surface area contributed by atoms with Crippen LogP contribution in [0.15, 0.2) is 126 Å². The van der Waals surface area contributed by atoms with E-state index in [4.69, 9.17) is 21.6 Å². The molecule has 1 saturated carbocycles. The molecule has 3 heterocycles. The third-order valence-electron chi connectivity index (χ3n) is 12.0. The Hall–Kier alpha value is -6.83. The smallest absolute Gasteiger partial charge is 0.339 e. The third kappa shape index (κ3) is 9.11. The molecule has 16 heteroatoms. The standard InChI is InChI=1S/C49H43F4N7O4S/c50-40-28-33(24-25-34(40)32-59-46(65)60(45(62)47(59)26-15-27-47)38-29-39(49(51,52)53)41(30-54)55-31-38)44-56-43(63-58-44)23-14-3-1-2-13-22-42(61)57-64-48(35-16-7-4-8-17-35,36-18-9-5-10-19-36)37-20-11-6-12-21-37/h4-12,16-21,24-25,28-29,31H,1-3,13-15,22-23,26-27,32H2,(H,57,61). The molecule has 0 unspecified atom stereocenters. The zero-order valence-electron chi connectivity index (χ0n) is 35.1. The zero-order chi connectivity index (χ0) is 45.6. The molecule has 2 aliphatic rings. The highest BCUT2D eigenvalue weighted by Crippen LogP contribution is 2.47. The number of pyridine rings is 1. The summed E-state index contributed by atoms with van der Waals surface area (Å²) in [5, 5.41) is 13.2. The number of carbonyl (C=O) groups is 2. The summed E-state index contributed by atoms with van der Waals surface area (Å²) in [6, 6.07) is 36.0. The van der Waals surface area contributed by atoms with Crippen LogP contribution < -0.4 is 10.4 Å². The van der Waals surface area contributed by atoms with Gasteiger partial charge in [-0.25, -0.2) is 14.9 Å². The molecule has 0 radical (unpaired) electrons. The van der Waals surface area contributed by atoms with Crippen LogP contribution in [0.25, 0.3) is 11.4 Å². The molecular weight excluding hydrogens is 859 g/mol. The fraction of sp³-hybridized carbons (Fsp3) is 0.286. The largest absolute Gasteiger partial charge is 0.419 e. The Morgan fingerprint density at radius 1 is 0.877 bits per heavy atom. The minimum Gasteiger partial charge on any atom is -0.339 e. The lowest BCUT2D eigenvalue weighted by atomic mass is 9.75. The molecule has 2 aromatic heterocycles. The number of hydrogen-bond donors (Lipinski definition) is 1. The van der Waals surface area contributed by atoms with E-state index in [1.54, 1.807) is 11.0 Å². The number of halogens is 4. The summed E-state index contributed by atoms with van der Waals surface area (Å²) >= 11 is 5.63. The van der Waals surface area contributed by atoms with E-state index in [-0.39, 0.29) is 34.6 Å². The first-order valence-corrected chi connectivity index (χ1v) is 21.7. The Morgan fingerprint density at radius 3 is 2.06 bits per heavy atom. The van der Waals surface area contributed by atoms with Crippen LogP contribution in [0.5, 0.6) is 0 Å². The van der Waals surface area contributed by atoms with Gasteiger partial charge in [0, 0.05) is 30.5 Å². The van der Waals surface area contributed by atoms with Gasteiger partial charge in [-0.3, -0.25) is 19.3 Å². The molecular formula is C49H43F4N7O4S. The van der Waals surface area contributed by atoms with Gasteiger partial charge in [-0.15, -0.1) is 0 Å². The second kappa shape index (κ2) is 19.1.